The zero-order valence-electron chi connectivity index (χ0n) is 15.7. The van der Waals surface area contributed by atoms with Gasteiger partial charge in [-0.1, -0.05) is 57.0 Å². The predicted octanol–water partition coefficient (Wildman–Crippen LogP) is 3.91. The van der Waals surface area contributed by atoms with Crippen LogP contribution in [-0.4, -0.2) is 45.1 Å². The molecular weight excluding hydrogens is 314 g/mol. The number of rotatable bonds is 5. The summed E-state index contributed by atoms with van der Waals surface area (Å²) in [5.41, 5.74) is 1.30. The summed E-state index contributed by atoms with van der Waals surface area (Å²) in [6.07, 6.45) is 5.52. The van der Waals surface area contributed by atoms with Gasteiger partial charge in [-0.15, -0.1) is 6.42 Å². The summed E-state index contributed by atoms with van der Waals surface area (Å²) in [5, 5.41) is 0.205. The Morgan fingerprint density at radius 1 is 1.25 bits per heavy atom. The Bertz CT molecular complexity index is 559. The van der Waals surface area contributed by atoms with E-state index in [9.17, 15) is 0 Å². The monoisotopic (exact) mass is 345 g/mol. The van der Waals surface area contributed by atoms with Crippen molar-refractivity contribution in [2.45, 2.75) is 57.7 Å². The first-order valence-electron chi connectivity index (χ1n) is 8.73. The molecule has 0 bridgehead atoms. The van der Waals surface area contributed by atoms with E-state index in [0.717, 1.165) is 19.6 Å². The third-order valence-corrected chi connectivity index (χ3v) is 9.61. The second kappa shape index (κ2) is 7.84. The molecule has 4 heteroatoms. The quantitative estimate of drug-likeness (QED) is 0.596. The molecule has 1 fully saturated rings. The Morgan fingerprint density at radius 3 is 2.50 bits per heavy atom. The molecule has 132 valence electrons. The fourth-order valence-corrected chi connectivity index (χ4v) is 3.62. The molecule has 1 saturated heterocycles. The maximum absolute atomic E-state index is 6.34. The fourth-order valence-electron chi connectivity index (χ4n) is 2.59. The topological polar surface area (TPSA) is 21.7 Å². The Hall–Kier alpha value is -1.12. The van der Waals surface area contributed by atoms with Crippen LogP contribution in [0, 0.1) is 12.3 Å². The lowest BCUT2D eigenvalue weighted by Gasteiger charge is -2.40. The maximum Gasteiger partial charge on any atom is 0.192 e. The highest BCUT2D eigenvalue weighted by Crippen LogP contribution is 2.36. The molecule has 0 aromatic heterocycles. The fraction of sp³-hybridized carbons (Fsp3) is 0.600. The van der Waals surface area contributed by atoms with Crippen LogP contribution in [0.2, 0.25) is 18.1 Å². The van der Waals surface area contributed by atoms with Crippen LogP contribution in [0.4, 0.5) is 0 Å². The molecular formula is C20H31NO2Si. The third-order valence-electron chi connectivity index (χ3n) is 5.11. The number of benzene rings is 1. The van der Waals surface area contributed by atoms with Gasteiger partial charge in [-0.3, -0.25) is 4.90 Å². The summed E-state index contributed by atoms with van der Waals surface area (Å²) in [7, 11) is -1.77. The average molecular weight is 346 g/mol. The van der Waals surface area contributed by atoms with Crippen molar-refractivity contribution in [3.05, 3.63) is 35.9 Å². The van der Waals surface area contributed by atoms with Crippen LogP contribution in [0.1, 0.15) is 26.3 Å². The van der Waals surface area contributed by atoms with Crippen molar-refractivity contribution in [2.75, 3.05) is 19.7 Å². The molecule has 1 heterocycles. The molecule has 0 unspecified atom stereocenters. The lowest BCUT2D eigenvalue weighted by molar-refractivity contribution is -0.0802. The number of hydrogen-bond acceptors (Lipinski definition) is 3. The summed E-state index contributed by atoms with van der Waals surface area (Å²) in [6.45, 7) is 14.5. The normalized spacial score (nSPS) is 23.0. The van der Waals surface area contributed by atoms with Crippen molar-refractivity contribution in [2.24, 2.45) is 0 Å². The Morgan fingerprint density at radius 2 is 1.92 bits per heavy atom. The van der Waals surface area contributed by atoms with Crippen LogP contribution in [0.3, 0.4) is 0 Å². The average Bonchev–Trinajstić information content (AvgIpc) is 2.52. The van der Waals surface area contributed by atoms with E-state index in [1.165, 1.54) is 5.56 Å². The van der Waals surface area contributed by atoms with Crippen molar-refractivity contribution < 1.29 is 9.16 Å². The van der Waals surface area contributed by atoms with Crippen molar-refractivity contribution in [3.8, 4) is 12.3 Å². The molecule has 3 nitrogen and oxygen atoms in total. The second-order valence-corrected chi connectivity index (χ2v) is 13.0. The van der Waals surface area contributed by atoms with Gasteiger partial charge in [0.25, 0.3) is 0 Å². The molecule has 0 amide bonds. The molecule has 0 spiro atoms. The molecule has 1 aromatic rings. The zero-order chi connectivity index (χ0) is 17.8. The van der Waals surface area contributed by atoms with Crippen LogP contribution in [0.15, 0.2) is 30.3 Å². The van der Waals surface area contributed by atoms with Crippen molar-refractivity contribution in [1.29, 1.82) is 0 Å². The van der Waals surface area contributed by atoms with E-state index in [4.69, 9.17) is 15.6 Å². The lowest BCUT2D eigenvalue weighted by atomic mass is 10.1. The lowest BCUT2D eigenvalue weighted by Crippen LogP contribution is -2.50. The maximum atomic E-state index is 6.34. The Kier molecular flexibility index (Phi) is 6.27. The molecule has 1 aromatic carbocycles. The Balaban J connectivity index is 1.96. The third kappa shape index (κ3) is 5.19. The van der Waals surface area contributed by atoms with E-state index < -0.39 is 8.32 Å². The van der Waals surface area contributed by atoms with Crippen LogP contribution in [-0.2, 0) is 15.7 Å². The summed E-state index contributed by atoms with van der Waals surface area (Å²) < 4.78 is 12.4. The highest BCUT2D eigenvalue weighted by Gasteiger charge is 2.38. The van der Waals surface area contributed by atoms with Gasteiger partial charge >= 0.3 is 0 Å². The van der Waals surface area contributed by atoms with Crippen molar-refractivity contribution in [3.63, 3.8) is 0 Å². The van der Waals surface area contributed by atoms with Gasteiger partial charge in [0.15, 0.2) is 8.32 Å². The molecule has 1 aliphatic rings. The van der Waals surface area contributed by atoms with Crippen LogP contribution < -0.4 is 0 Å². The van der Waals surface area contributed by atoms with E-state index in [1.54, 1.807) is 0 Å². The van der Waals surface area contributed by atoms with Crippen LogP contribution >= 0.6 is 0 Å². The summed E-state index contributed by atoms with van der Waals surface area (Å²) in [4.78, 5) is 2.38. The Labute approximate surface area is 148 Å². The van der Waals surface area contributed by atoms with Gasteiger partial charge in [0, 0.05) is 19.6 Å². The number of ether oxygens (including phenoxy) is 1. The molecule has 0 radical (unpaired) electrons. The van der Waals surface area contributed by atoms with Gasteiger partial charge in [-0.05, 0) is 23.7 Å². The second-order valence-electron chi connectivity index (χ2n) is 8.16. The van der Waals surface area contributed by atoms with E-state index in [1.807, 2.05) is 6.07 Å². The van der Waals surface area contributed by atoms with Gasteiger partial charge in [-0.2, -0.15) is 0 Å². The van der Waals surface area contributed by atoms with Gasteiger partial charge in [0.2, 0.25) is 0 Å². The molecule has 24 heavy (non-hydrogen) atoms. The summed E-state index contributed by atoms with van der Waals surface area (Å²) >= 11 is 0. The predicted molar refractivity (Wildman–Crippen MR) is 102 cm³/mol. The minimum Gasteiger partial charge on any atom is -0.414 e. The smallest absolute Gasteiger partial charge is 0.192 e. The van der Waals surface area contributed by atoms with Crippen LogP contribution in [0.25, 0.3) is 0 Å². The largest absolute Gasteiger partial charge is 0.414 e. The SMILES string of the molecule is C#C[C@@H]1CN(Cc2ccccc2)C[C@@H](CO[Si](C)(C)C(C)(C)C)O1. The van der Waals surface area contributed by atoms with E-state index in [0.29, 0.717) is 6.61 Å². The van der Waals surface area contributed by atoms with Gasteiger partial charge in [0.1, 0.15) is 6.10 Å². The molecule has 0 aliphatic carbocycles. The first-order chi connectivity index (χ1) is 11.2. The molecule has 2 atom stereocenters. The minimum absolute atomic E-state index is 0.0395. The first-order valence-corrected chi connectivity index (χ1v) is 11.6. The van der Waals surface area contributed by atoms with Crippen molar-refractivity contribution in [1.82, 2.24) is 4.90 Å². The van der Waals surface area contributed by atoms with Gasteiger partial charge in [0.05, 0.1) is 12.7 Å². The summed E-state index contributed by atoms with van der Waals surface area (Å²) in [6, 6.07) is 10.5. The van der Waals surface area contributed by atoms with Crippen molar-refractivity contribution >= 4 is 8.32 Å². The summed E-state index contributed by atoms with van der Waals surface area (Å²) in [5.74, 6) is 2.77. The van der Waals surface area contributed by atoms with E-state index in [2.05, 4.69) is 69.0 Å². The minimum atomic E-state index is -1.77. The molecule has 0 saturated carbocycles. The van der Waals surface area contributed by atoms with Gasteiger partial charge < -0.3 is 9.16 Å². The molecule has 1 aliphatic heterocycles. The number of terminal acetylenes is 1. The van der Waals surface area contributed by atoms with Gasteiger partial charge in [-0.25, -0.2) is 0 Å². The highest BCUT2D eigenvalue weighted by molar-refractivity contribution is 6.74. The number of morpholine rings is 1. The number of nitrogens with zero attached hydrogens (tertiary/aromatic N) is 1. The van der Waals surface area contributed by atoms with E-state index >= 15 is 0 Å². The first kappa shape index (κ1) is 19.2. The highest BCUT2D eigenvalue weighted by atomic mass is 28.4. The van der Waals surface area contributed by atoms with Crippen LogP contribution in [0.5, 0.6) is 0 Å². The van der Waals surface area contributed by atoms with E-state index in [-0.39, 0.29) is 17.2 Å². The zero-order valence-corrected chi connectivity index (χ0v) is 16.7. The molecule has 2 rings (SSSR count). The molecule has 0 N–H and O–H groups in total. The number of hydrogen-bond donors (Lipinski definition) is 0. The standard InChI is InChI=1S/C20H31NO2Si/c1-7-18-14-21(13-17-11-9-8-10-12-17)15-19(23-18)16-22-24(5,6)20(2,3)4/h1,8-12,18-19H,13-16H2,2-6H3/t18-,19+/m1/s1.